The van der Waals surface area contributed by atoms with Crippen molar-refractivity contribution in [3.63, 3.8) is 0 Å². The molecule has 2 aromatic rings. The maximum absolute atomic E-state index is 12.4. The smallest absolute Gasteiger partial charge is 0.320 e. The lowest BCUT2D eigenvalue weighted by Gasteiger charge is -2.37. The molecule has 2 aromatic heterocycles. The second-order valence-electron chi connectivity index (χ2n) is 7.46. The lowest BCUT2D eigenvalue weighted by Crippen LogP contribution is -2.49. The molecule has 2 aliphatic heterocycles. The summed E-state index contributed by atoms with van der Waals surface area (Å²) in [5.74, 6) is 0.283. The van der Waals surface area contributed by atoms with Crippen molar-refractivity contribution in [2.45, 2.75) is 18.9 Å². The Morgan fingerprint density at radius 2 is 2.07 bits per heavy atom. The van der Waals surface area contributed by atoms with Crippen molar-refractivity contribution in [2.75, 3.05) is 43.4 Å². The molecule has 2 fully saturated rings. The Labute approximate surface area is 168 Å². The Morgan fingerprint density at radius 1 is 1.24 bits per heavy atom. The summed E-state index contributed by atoms with van der Waals surface area (Å²) in [6.07, 6.45) is 6.87. The summed E-state index contributed by atoms with van der Waals surface area (Å²) in [6.45, 7) is 2.98. The average Bonchev–Trinajstić information content (AvgIpc) is 3.27. The molecule has 2 aliphatic rings. The summed E-state index contributed by atoms with van der Waals surface area (Å²) in [6, 6.07) is 0.208. The first-order chi connectivity index (χ1) is 13.9. The SMILES string of the molecule is CN1CCN([C@@H]2CCCN(c3cnc(C(N)=O)c(Nc4cnn(C)c4)n3)C2)C1=O. The molecule has 2 saturated heterocycles. The van der Waals surface area contributed by atoms with Crippen molar-refractivity contribution in [1.29, 1.82) is 0 Å². The number of nitrogens with two attached hydrogens (primary N) is 1. The van der Waals surface area contributed by atoms with Crippen LogP contribution < -0.4 is 16.0 Å². The van der Waals surface area contributed by atoms with E-state index in [4.69, 9.17) is 5.73 Å². The van der Waals surface area contributed by atoms with Gasteiger partial charge in [0.25, 0.3) is 5.91 Å². The molecule has 0 saturated carbocycles. The van der Waals surface area contributed by atoms with Gasteiger partial charge in [-0.15, -0.1) is 0 Å². The van der Waals surface area contributed by atoms with Gasteiger partial charge in [0, 0.05) is 46.5 Å². The predicted molar refractivity (Wildman–Crippen MR) is 107 cm³/mol. The van der Waals surface area contributed by atoms with E-state index >= 15 is 0 Å². The Hall–Kier alpha value is -3.37. The number of nitrogens with zero attached hydrogens (tertiary/aromatic N) is 7. The van der Waals surface area contributed by atoms with Crippen LogP contribution in [0.4, 0.5) is 22.1 Å². The van der Waals surface area contributed by atoms with Crippen LogP contribution in [0.2, 0.25) is 0 Å². The molecule has 0 unspecified atom stereocenters. The number of carbonyl (C=O) groups is 2. The van der Waals surface area contributed by atoms with Crippen molar-refractivity contribution >= 4 is 29.3 Å². The van der Waals surface area contributed by atoms with Crippen LogP contribution in [0.15, 0.2) is 18.6 Å². The molecule has 0 bridgehead atoms. The van der Waals surface area contributed by atoms with Gasteiger partial charge in [0.05, 0.1) is 24.1 Å². The fourth-order valence-electron chi connectivity index (χ4n) is 3.85. The van der Waals surface area contributed by atoms with Crippen LogP contribution in [0.25, 0.3) is 0 Å². The van der Waals surface area contributed by atoms with Crippen LogP contribution in [0.3, 0.4) is 0 Å². The highest BCUT2D eigenvalue weighted by molar-refractivity contribution is 5.96. The van der Waals surface area contributed by atoms with Gasteiger partial charge in [-0.3, -0.25) is 9.48 Å². The van der Waals surface area contributed by atoms with E-state index in [-0.39, 0.29) is 17.8 Å². The number of anilines is 3. The predicted octanol–water partition coefficient (Wildman–Crippen LogP) is 0.389. The topological polar surface area (TPSA) is 126 Å². The fourth-order valence-corrected chi connectivity index (χ4v) is 3.85. The zero-order chi connectivity index (χ0) is 20.5. The van der Waals surface area contributed by atoms with Gasteiger partial charge in [0.15, 0.2) is 11.5 Å². The van der Waals surface area contributed by atoms with Crippen molar-refractivity contribution in [1.82, 2.24) is 29.5 Å². The second kappa shape index (κ2) is 7.57. The van der Waals surface area contributed by atoms with Crippen LogP contribution in [0.5, 0.6) is 0 Å². The molecular weight excluding hydrogens is 374 g/mol. The van der Waals surface area contributed by atoms with E-state index in [0.717, 1.165) is 32.5 Å². The number of aryl methyl sites for hydroxylation is 1. The van der Waals surface area contributed by atoms with Crippen LogP contribution in [-0.4, -0.2) is 80.8 Å². The van der Waals surface area contributed by atoms with E-state index in [1.54, 1.807) is 35.2 Å². The number of carbonyl (C=O) groups excluding carboxylic acids is 2. The van der Waals surface area contributed by atoms with Crippen molar-refractivity contribution in [3.8, 4) is 0 Å². The van der Waals surface area contributed by atoms with Crippen molar-refractivity contribution in [2.24, 2.45) is 12.8 Å². The van der Waals surface area contributed by atoms with E-state index in [9.17, 15) is 9.59 Å². The summed E-state index contributed by atoms with van der Waals surface area (Å²) in [5, 5.41) is 7.18. The number of nitrogens with one attached hydrogen (secondary N) is 1. The summed E-state index contributed by atoms with van der Waals surface area (Å²) < 4.78 is 1.64. The van der Waals surface area contributed by atoms with Crippen LogP contribution >= 0.6 is 0 Å². The molecule has 4 rings (SSSR count). The van der Waals surface area contributed by atoms with Gasteiger partial charge in [-0.2, -0.15) is 5.10 Å². The maximum atomic E-state index is 12.4. The molecule has 0 aliphatic carbocycles. The summed E-state index contributed by atoms with van der Waals surface area (Å²) in [5.41, 5.74) is 6.23. The van der Waals surface area contributed by atoms with Crippen molar-refractivity contribution in [3.05, 3.63) is 24.3 Å². The average molecular weight is 399 g/mol. The van der Waals surface area contributed by atoms with E-state index in [1.807, 2.05) is 11.9 Å². The third kappa shape index (κ3) is 3.80. The number of hydrogen-bond donors (Lipinski definition) is 2. The Bertz CT molecular complexity index is 928. The first-order valence-corrected chi connectivity index (χ1v) is 9.61. The third-order valence-corrected chi connectivity index (χ3v) is 5.37. The highest BCUT2D eigenvalue weighted by Crippen LogP contribution is 2.26. The number of urea groups is 1. The highest BCUT2D eigenvalue weighted by atomic mass is 16.2. The molecule has 29 heavy (non-hydrogen) atoms. The number of piperidine rings is 1. The molecule has 0 spiro atoms. The summed E-state index contributed by atoms with van der Waals surface area (Å²) in [4.78, 5) is 38.8. The largest absolute Gasteiger partial charge is 0.364 e. The van der Waals surface area contributed by atoms with Crippen molar-refractivity contribution < 1.29 is 9.59 Å². The van der Waals surface area contributed by atoms with Crippen LogP contribution in [0, 0.1) is 0 Å². The zero-order valence-corrected chi connectivity index (χ0v) is 16.6. The quantitative estimate of drug-likeness (QED) is 0.745. The number of hydrogen-bond acceptors (Lipinski definition) is 7. The number of amides is 3. The molecule has 3 amide bonds. The highest BCUT2D eigenvalue weighted by Gasteiger charge is 2.34. The maximum Gasteiger partial charge on any atom is 0.320 e. The first kappa shape index (κ1) is 19.0. The minimum atomic E-state index is -0.655. The lowest BCUT2D eigenvalue weighted by molar-refractivity contribution is 0.0996. The van der Waals surface area contributed by atoms with E-state index in [2.05, 4.69) is 25.3 Å². The van der Waals surface area contributed by atoms with Gasteiger partial charge >= 0.3 is 6.03 Å². The van der Waals surface area contributed by atoms with Gasteiger partial charge < -0.3 is 25.8 Å². The van der Waals surface area contributed by atoms with Gasteiger partial charge in [-0.1, -0.05) is 0 Å². The van der Waals surface area contributed by atoms with Crippen LogP contribution in [-0.2, 0) is 7.05 Å². The standard InChI is InChI=1S/C18H25N9O2/c1-24-6-7-27(18(24)29)13-4-3-5-26(11-13)14-9-20-15(16(19)28)17(23-14)22-12-8-21-25(2)10-12/h8-10,13H,3-7,11H2,1-2H3,(H2,19,28)(H,22,23)/t13-/m1/s1. The van der Waals surface area contributed by atoms with Gasteiger partial charge in [-0.05, 0) is 12.8 Å². The van der Waals surface area contributed by atoms with Crippen LogP contribution in [0.1, 0.15) is 23.3 Å². The van der Waals surface area contributed by atoms with Gasteiger partial charge in [0.2, 0.25) is 0 Å². The molecule has 3 N–H and O–H groups in total. The monoisotopic (exact) mass is 399 g/mol. The van der Waals surface area contributed by atoms with Gasteiger partial charge in [0.1, 0.15) is 5.82 Å². The molecule has 154 valence electrons. The number of aromatic nitrogens is 4. The molecule has 1 atom stereocenters. The Kier molecular flexibility index (Phi) is 4.95. The van der Waals surface area contributed by atoms with Gasteiger partial charge in [-0.25, -0.2) is 14.8 Å². The second-order valence-corrected chi connectivity index (χ2v) is 7.46. The molecule has 11 heteroatoms. The molecule has 11 nitrogen and oxygen atoms in total. The fraction of sp³-hybridized carbons (Fsp3) is 0.500. The first-order valence-electron chi connectivity index (χ1n) is 9.61. The summed E-state index contributed by atoms with van der Waals surface area (Å²) in [7, 11) is 3.63. The zero-order valence-electron chi connectivity index (χ0n) is 16.6. The Balaban J connectivity index is 1.56. The summed E-state index contributed by atoms with van der Waals surface area (Å²) >= 11 is 0. The number of primary amides is 1. The lowest BCUT2D eigenvalue weighted by atomic mass is 10.0. The van der Waals surface area contributed by atoms with E-state index < -0.39 is 5.91 Å². The Morgan fingerprint density at radius 3 is 2.72 bits per heavy atom. The number of rotatable bonds is 5. The number of likely N-dealkylation sites (N-methyl/N-ethyl adjacent to an activating group) is 1. The normalized spacial score (nSPS) is 19.7. The van der Waals surface area contributed by atoms with E-state index in [1.165, 1.54) is 0 Å². The molecule has 4 heterocycles. The minimum Gasteiger partial charge on any atom is -0.364 e. The minimum absolute atomic E-state index is 0.0718. The molecule has 0 radical (unpaired) electrons. The van der Waals surface area contributed by atoms with E-state index in [0.29, 0.717) is 23.9 Å². The molecular formula is C18H25N9O2. The third-order valence-electron chi connectivity index (χ3n) is 5.37. The molecule has 0 aromatic carbocycles.